The Balaban J connectivity index is 1.92. The first kappa shape index (κ1) is 12.0. The van der Waals surface area contributed by atoms with Crippen molar-refractivity contribution in [1.82, 2.24) is 10.2 Å². The van der Waals surface area contributed by atoms with E-state index in [0.717, 1.165) is 26.7 Å². The molecule has 0 spiro atoms. The zero-order valence-corrected chi connectivity index (χ0v) is 11.1. The normalized spacial score (nSPS) is 10.6. The SMILES string of the molecule is NCc1ccc(-c2nnc(-c3ccccc3)s2)cc1. The number of nitrogens with two attached hydrogens (primary N) is 1. The highest BCUT2D eigenvalue weighted by molar-refractivity contribution is 7.17. The van der Waals surface area contributed by atoms with Crippen LogP contribution in [0.4, 0.5) is 0 Å². The largest absolute Gasteiger partial charge is 0.326 e. The molecule has 2 N–H and O–H groups in total. The highest BCUT2D eigenvalue weighted by atomic mass is 32.1. The first-order valence-electron chi connectivity index (χ1n) is 6.05. The minimum absolute atomic E-state index is 0.561. The Labute approximate surface area is 115 Å². The lowest BCUT2D eigenvalue weighted by molar-refractivity contribution is 1.07. The molecule has 1 aromatic heterocycles. The summed E-state index contributed by atoms with van der Waals surface area (Å²) in [6.45, 7) is 0.561. The molecule has 0 fully saturated rings. The fraction of sp³-hybridized carbons (Fsp3) is 0.0667. The Hall–Kier alpha value is -2.04. The van der Waals surface area contributed by atoms with Crippen molar-refractivity contribution in [3.05, 3.63) is 60.2 Å². The molecule has 0 atom stereocenters. The molecule has 0 amide bonds. The minimum Gasteiger partial charge on any atom is -0.326 e. The van der Waals surface area contributed by atoms with Crippen LogP contribution in [-0.2, 0) is 6.54 Å². The van der Waals surface area contributed by atoms with E-state index >= 15 is 0 Å². The summed E-state index contributed by atoms with van der Waals surface area (Å²) in [7, 11) is 0. The third-order valence-electron chi connectivity index (χ3n) is 2.88. The Kier molecular flexibility index (Phi) is 3.35. The van der Waals surface area contributed by atoms with Crippen molar-refractivity contribution in [2.75, 3.05) is 0 Å². The van der Waals surface area contributed by atoms with Gasteiger partial charge in [-0.05, 0) is 5.56 Å². The summed E-state index contributed by atoms with van der Waals surface area (Å²) in [6, 6.07) is 18.2. The maximum Gasteiger partial charge on any atom is 0.148 e. The summed E-state index contributed by atoms with van der Waals surface area (Å²) >= 11 is 1.60. The fourth-order valence-electron chi connectivity index (χ4n) is 1.82. The number of hydrogen-bond donors (Lipinski definition) is 1. The fourth-order valence-corrected chi connectivity index (χ4v) is 2.67. The van der Waals surface area contributed by atoms with Gasteiger partial charge < -0.3 is 5.73 Å². The Morgan fingerprint density at radius 1 is 0.789 bits per heavy atom. The molecule has 94 valence electrons. The van der Waals surface area contributed by atoms with Gasteiger partial charge in [0, 0.05) is 17.7 Å². The molecule has 3 nitrogen and oxygen atoms in total. The van der Waals surface area contributed by atoms with Gasteiger partial charge in [-0.3, -0.25) is 0 Å². The predicted octanol–water partition coefficient (Wildman–Crippen LogP) is 3.33. The highest BCUT2D eigenvalue weighted by Crippen LogP contribution is 2.29. The van der Waals surface area contributed by atoms with Gasteiger partial charge in [0.2, 0.25) is 0 Å². The van der Waals surface area contributed by atoms with Crippen LogP contribution in [0.2, 0.25) is 0 Å². The molecule has 0 aliphatic rings. The summed E-state index contributed by atoms with van der Waals surface area (Å²) in [6.07, 6.45) is 0. The number of rotatable bonds is 3. The predicted molar refractivity (Wildman–Crippen MR) is 78.7 cm³/mol. The summed E-state index contributed by atoms with van der Waals surface area (Å²) in [5.74, 6) is 0. The molecule has 19 heavy (non-hydrogen) atoms. The molecule has 1 heterocycles. The zero-order chi connectivity index (χ0) is 13.1. The van der Waals surface area contributed by atoms with Gasteiger partial charge in [-0.2, -0.15) is 0 Å². The molecule has 0 radical (unpaired) electrons. The molecular weight excluding hydrogens is 254 g/mol. The minimum atomic E-state index is 0.561. The standard InChI is InChI=1S/C15H13N3S/c16-10-11-6-8-13(9-7-11)15-18-17-14(19-15)12-4-2-1-3-5-12/h1-9H,10,16H2. The van der Waals surface area contributed by atoms with Crippen LogP contribution in [0.15, 0.2) is 54.6 Å². The van der Waals surface area contributed by atoms with Gasteiger partial charge in [-0.15, -0.1) is 10.2 Å². The molecule has 0 saturated heterocycles. The summed E-state index contributed by atoms with van der Waals surface area (Å²) in [5.41, 5.74) is 8.90. The van der Waals surface area contributed by atoms with Gasteiger partial charge in [0.15, 0.2) is 0 Å². The molecule has 3 aromatic rings. The maximum absolute atomic E-state index is 5.59. The molecule has 0 aliphatic heterocycles. The van der Waals surface area contributed by atoms with Crippen LogP contribution in [0.5, 0.6) is 0 Å². The first-order valence-corrected chi connectivity index (χ1v) is 6.87. The van der Waals surface area contributed by atoms with E-state index in [-0.39, 0.29) is 0 Å². The van der Waals surface area contributed by atoms with E-state index < -0.39 is 0 Å². The Bertz CT molecular complexity index is 659. The molecule has 2 aromatic carbocycles. The lowest BCUT2D eigenvalue weighted by Crippen LogP contribution is -1.95. The van der Waals surface area contributed by atoms with Crippen LogP contribution in [-0.4, -0.2) is 10.2 Å². The monoisotopic (exact) mass is 267 g/mol. The quantitative estimate of drug-likeness (QED) is 0.792. The summed E-state index contributed by atoms with van der Waals surface area (Å²) < 4.78 is 0. The van der Waals surface area contributed by atoms with Crippen molar-refractivity contribution in [1.29, 1.82) is 0 Å². The number of nitrogens with zero attached hydrogens (tertiary/aromatic N) is 2. The molecule has 3 rings (SSSR count). The van der Waals surface area contributed by atoms with E-state index in [4.69, 9.17) is 5.73 Å². The van der Waals surface area contributed by atoms with Crippen molar-refractivity contribution in [3.8, 4) is 21.1 Å². The van der Waals surface area contributed by atoms with Crippen molar-refractivity contribution in [3.63, 3.8) is 0 Å². The van der Waals surface area contributed by atoms with Crippen LogP contribution >= 0.6 is 11.3 Å². The third-order valence-corrected chi connectivity index (χ3v) is 3.90. The molecule has 0 unspecified atom stereocenters. The lowest BCUT2D eigenvalue weighted by Gasteiger charge is -1.98. The smallest absolute Gasteiger partial charge is 0.148 e. The van der Waals surface area contributed by atoms with Crippen LogP contribution in [0.1, 0.15) is 5.56 Å². The van der Waals surface area contributed by atoms with Gasteiger partial charge >= 0.3 is 0 Å². The summed E-state index contributed by atoms with van der Waals surface area (Å²) in [4.78, 5) is 0. The van der Waals surface area contributed by atoms with E-state index in [9.17, 15) is 0 Å². The first-order chi connectivity index (χ1) is 9.36. The van der Waals surface area contributed by atoms with Crippen LogP contribution in [0, 0.1) is 0 Å². The topological polar surface area (TPSA) is 51.8 Å². The van der Waals surface area contributed by atoms with Crippen LogP contribution in [0.25, 0.3) is 21.1 Å². The number of aromatic nitrogens is 2. The molecular formula is C15H13N3S. The average Bonchev–Trinajstić information content (AvgIpc) is 2.98. The molecule has 0 aliphatic carbocycles. The zero-order valence-electron chi connectivity index (χ0n) is 10.3. The van der Waals surface area contributed by atoms with E-state index in [2.05, 4.69) is 10.2 Å². The Morgan fingerprint density at radius 2 is 1.37 bits per heavy atom. The molecule has 4 heteroatoms. The molecule has 0 saturated carbocycles. The van der Waals surface area contributed by atoms with Gasteiger partial charge in [0.05, 0.1) is 0 Å². The third kappa shape index (κ3) is 2.54. The second-order valence-electron chi connectivity index (χ2n) is 4.18. The lowest BCUT2D eigenvalue weighted by atomic mass is 10.1. The van der Waals surface area contributed by atoms with Gasteiger partial charge in [0.1, 0.15) is 10.0 Å². The van der Waals surface area contributed by atoms with Crippen LogP contribution in [0.3, 0.4) is 0 Å². The number of benzene rings is 2. The average molecular weight is 267 g/mol. The van der Waals surface area contributed by atoms with E-state index in [0.29, 0.717) is 6.54 Å². The number of hydrogen-bond acceptors (Lipinski definition) is 4. The van der Waals surface area contributed by atoms with Gasteiger partial charge in [-0.1, -0.05) is 65.9 Å². The second-order valence-corrected chi connectivity index (χ2v) is 5.16. The molecule has 0 bridgehead atoms. The van der Waals surface area contributed by atoms with E-state index in [1.54, 1.807) is 11.3 Å². The van der Waals surface area contributed by atoms with E-state index in [1.807, 2.05) is 54.6 Å². The second kappa shape index (κ2) is 5.30. The summed E-state index contributed by atoms with van der Waals surface area (Å²) in [5, 5.41) is 10.4. The Morgan fingerprint density at radius 3 is 1.95 bits per heavy atom. The van der Waals surface area contributed by atoms with Crippen molar-refractivity contribution < 1.29 is 0 Å². The van der Waals surface area contributed by atoms with Gasteiger partial charge in [-0.25, -0.2) is 0 Å². The van der Waals surface area contributed by atoms with Crippen molar-refractivity contribution >= 4 is 11.3 Å². The van der Waals surface area contributed by atoms with Gasteiger partial charge in [0.25, 0.3) is 0 Å². The highest BCUT2D eigenvalue weighted by Gasteiger charge is 2.07. The van der Waals surface area contributed by atoms with Crippen molar-refractivity contribution in [2.24, 2.45) is 5.73 Å². The maximum atomic E-state index is 5.59. The van der Waals surface area contributed by atoms with E-state index in [1.165, 1.54) is 0 Å². The van der Waals surface area contributed by atoms with Crippen LogP contribution < -0.4 is 5.73 Å². The van der Waals surface area contributed by atoms with Crippen molar-refractivity contribution in [2.45, 2.75) is 6.54 Å².